The molecule has 2 rings (SSSR count). The molecule has 1 aromatic rings. The summed E-state index contributed by atoms with van der Waals surface area (Å²) in [5.41, 5.74) is 2.02. The number of ether oxygens (including phenoxy) is 2. The maximum atomic E-state index is 11.4. The maximum absolute atomic E-state index is 11.4. The van der Waals surface area contributed by atoms with Crippen molar-refractivity contribution in [2.45, 2.75) is 61.0 Å². The van der Waals surface area contributed by atoms with Crippen LogP contribution in [0.25, 0.3) is 0 Å². The summed E-state index contributed by atoms with van der Waals surface area (Å²) in [6.45, 7) is 6.64. The molecule has 0 bridgehead atoms. The molecule has 136 valence electrons. The Balaban J connectivity index is 0.00000264. The van der Waals surface area contributed by atoms with E-state index in [1.165, 1.54) is 0 Å². The van der Waals surface area contributed by atoms with E-state index < -0.39 is 24.1 Å². The van der Waals surface area contributed by atoms with E-state index in [4.69, 9.17) is 14.6 Å². The lowest BCUT2D eigenvalue weighted by Crippen LogP contribution is -2.44. The number of carboxylic acids is 2. The highest BCUT2D eigenvalue weighted by atomic mass is 16.5. The molecule has 0 saturated heterocycles. The largest absolute Gasteiger partial charge is 0.481 e. The van der Waals surface area contributed by atoms with Gasteiger partial charge in [0.1, 0.15) is 11.5 Å². The van der Waals surface area contributed by atoms with Gasteiger partial charge in [-0.3, -0.25) is 0 Å². The van der Waals surface area contributed by atoms with E-state index >= 15 is 0 Å². The Bertz CT molecular complexity index is 650. The minimum atomic E-state index is -1.24. The summed E-state index contributed by atoms with van der Waals surface area (Å²) < 4.78 is 11.2. The molecule has 0 radical (unpaired) electrons. The molecule has 0 amide bonds. The standard InChI is InChI=1S/C16H20O6.2CH4/c1-8-9(2)14-11(5-6-16(4,22-14)15(19)20)10(3)13(8)21-7-12(17)18;;/h5-7H2,1-4H3,(H,17,18)(H,19,20);2*1H4/t16-;;/m1../s1. The van der Waals surface area contributed by atoms with E-state index in [-0.39, 0.29) is 14.9 Å². The summed E-state index contributed by atoms with van der Waals surface area (Å²) in [6.07, 6.45) is 0.908. The van der Waals surface area contributed by atoms with Crippen LogP contribution in [-0.2, 0) is 16.0 Å². The summed E-state index contributed by atoms with van der Waals surface area (Å²) in [4.78, 5) is 22.1. The summed E-state index contributed by atoms with van der Waals surface area (Å²) in [7, 11) is 0. The Hall–Kier alpha value is -2.24. The molecule has 6 heteroatoms. The fraction of sp³-hybridized carbons (Fsp3) is 0.556. The summed E-state index contributed by atoms with van der Waals surface area (Å²) in [5, 5.41) is 18.1. The Morgan fingerprint density at radius 1 is 1.12 bits per heavy atom. The van der Waals surface area contributed by atoms with E-state index in [1.54, 1.807) is 6.92 Å². The van der Waals surface area contributed by atoms with Crippen molar-refractivity contribution in [2.75, 3.05) is 6.61 Å². The third-order valence-corrected chi connectivity index (χ3v) is 4.28. The third kappa shape index (κ3) is 3.63. The average molecular weight is 340 g/mol. The van der Waals surface area contributed by atoms with Crippen molar-refractivity contribution >= 4 is 11.9 Å². The first-order valence-corrected chi connectivity index (χ1v) is 7.07. The van der Waals surface area contributed by atoms with Crippen LogP contribution in [0.2, 0.25) is 0 Å². The molecule has 0 fully saturated rings. The number of hydrogen-bond acceptors (Lipinski definition) is 4. The van der Waals surface area contributed by atoms with Gasteiger partial charge in [-0.1, -0.05) is 14.9 Å². The van der Waals surface area contributed by atoms with Crippen LogP contribution in [0.15, 0.2) is 0 Å². The molecule has 1 aliphatic heterocycles. The predicted molar refractivity (Wildman–Crippen MR) is 92.2 cm³/mol. The molecule has 24 heavy (non-hydrogen) atoms. The number of aliphatic carboxylic acids is 2. The second kappa shape index (κ2) is 7.55. The first kappa shape index (κ1) is 21.8. The van der Waals surface area contributed by atoms with Gasteiger partial charge in [0.25, 0.3) is 0 Å². The first-order valence-electron chi connectivity index (χ1n) is 7.07. The normalized spacial score (nSPS) is 18.3. The Morgan fingerprint density at radius 2 is 1.71 bits per heavy atom. The molecular formula is C18H28O6. The van der Waals surface area contributed by atoms with Crippen LogP contribution in [0.5, 0.6) is 11.5 Å². The SMILES string of the molecule is C.C.Cc1c(C)c2c(c(C)c1OCC(=O)O)CC[C@](C)(C(=O)O)O2. The zero-order valence-electron chi connectivity index (χ0n) is 13.1. The van der Waals surface area contributed by atoms with Crippen LogP contribution in [0.4, 0.5) is 0 Å². The van der Waals surface area contributed by atoms with E-state index in [0.29, 0.717) is 24.3 Å². The van der Waals surface area contributed by atoms with Gasteiger partial charge in [-0.25, -0.2) is 9.59 Å². The van der Waals surface area contributed by atoms with Crippen molar-refractivity contribution in [2.24, 2.45) is 0 Å². The van der Waals surface area contributed by atoms with E-state index in [2.05, 4.69) is 0 Å². The average Bonchev–Trinajstić information content (AvgIpc) is 2.44. The molecule has 0 saturated carbocycles. The van der Waals surface area contributed by atoms with Gasteiger partial charge in [-0.15, -0.1) is 0 Å². The van der Waals surface area contributed by atoms with Crippen LogP contribution in [0.1, 0.15) is 50.5 Å². The Morgan fingerprint density at radius 3 is 2.21 bits per heavy atom. The van der Waals surface area contributed by atoms with Crippen LogP contribution in [0, 0.1) is 20.8 Å². The Kier molecular flexibility index (Phi) is 6.85. The minimum absolute atomic E-state index is 0. The van der Waals surface area contributed by atoms with Gasteiger partial charge in [0.05, 0.1) is 0 Å². The van der Waals surface area contributed by atoms with Crippen molar-refractivity contribution in [3.63, 3.8) is 0 Å². The van der Waals surface area contributed by atoms with E-state index in [9.17, 15) is 14.7 Å². The fourth-order valence-electron chi connectivity index (χ4n) is 2.74. The van der Waals surface area contributed by atoms with Crippen molar-refractivity contribution in [1.29, 1.82) is 0 Å². The highest BCUT2D eigenvalue weighted by molar-refractivity contribution is 5.78. The zero-order chi connectivity index (χ0) is 16.7. The molecule has 1 atom stereocenters. The predicted octanol–water partition coefficient (Wildman–Crippen LogP) is 3.52. The maximum Gasteiger partial charge on any atom is 0.347 e. The van der Waals surface area contributed by atoms with Gasteiger partial charge in [-0.05, 0) is 50.8 Å². The highest BCUT2D eigenvalue weighted by Crippen LogP contribution is 2.43. The fourth-order valence-corrected chi connectivity index (χ4v) is 2.74. The van der Waals surface area contributed by atoms with Crippen LogP contribution < -0.4 is 9.47 Å². The molecule has 0 aromatic heterocycles. The molecule has 0 spiro atoms. The van der Waals surface area contributed by atoms with Crippen molar-refractivity contribution in [1.82, 2.24) is 0 Å². The molecule has 1 aromatic carbocycles. The van der Waals surface area contributed by atoms with Gasteiger partial charge in [0.2, 0.25) is 5.60 Å². The van der Waals surface area contributed by atoms with Crippen LogP contribution in [-0.4, -0.2) is 34.4 Å². The van der Waals surface area contributed by atoms with Crippen molar-refractivity contribution in [3.8, 4) is 11.5 Å². The van der Waals surface area contributed by atoms with Gasteiger partial charge >= 0.3 is 11.9 Å². The highest BCUT2D eigenvalue weighted by Gasteiger charge is 2.40. The zero-order valence-corrected chi connectivity index (χ0v) is 13.1. The number of rotatable bonds is 4. The topological polar surface area (TPSA) is 93.1 Å². The molecule has 6 nitrogen and oxygen atoms in total. The summed E-state index contributed by atoms with van der Waals surface area (Å²) in [5.74, 6) is -0.905. The number of benzene rings is 1. The first-order chi connectivity index (χ1) is 10.2. The second-order valence-corrected chi connectivity index (χ2v) is 5.83. The van der Waals surface area contributed by atoms with Crippen LogP contribution in [0.3, 0.4) is 0 Å². The lowest BCUT2D eigenvalue weighted by molar-refractivity contribution is -0.155. The number of hydrogen-bond donors (Lipinski definition) is 2. The van der Waals surface area contributed by atoms with Crippen molar-refractivity contribution < 1.29 is 29.3 Å². The lowest BCUT2D eigenvalue weighted by atomic mass is 9.87. The molecule has 1 heterocycles. The Labute approximate surface area is 143 Å². The monoisotopic (exact) mass is 340 g/mol. The number of fused-ring (bicyclic) bond motifs is 1. The lowest BCUT2D eigenvalue weighted by Gasteiger charge is -2.35. The smallest absolute Gasteiger partial charge is 0.347 e. The van der Waals surface area contributed by atoms with Crippen molar-refractivity contribution in [3.05, 3.63) is 22.3 Å². The van der Waals surface area contributed by atoms with Gasteiger partial charge in [0, 0.05) is 12.0 Å². The molecule has 2 N–H and O–H groups in total. The molecule has 1 aliphatic rings. The van der Waals surface area contributed by atoms with Crippen LogP contribution >= 0.6 is 0 Å². The molecule has 0 unspecified atom stereocenters. The quantitative estimate of drug-likeness (QED) is 0.871. The van der Waals surface area contributed by atoms with Gasteiger partial charge in [-0.2, -0.15) is 0 Å². The van der Waals surface area contributed by atoms with Gasteiger partial charge in [0.15, 0.2) is 6.61 Å². The van der Waals surface area contributed by atoms with E-state index in [0.717, 1.165) is 22.3 Å². The third-order valence-electron chi connectivity index (χ3n) is 4.28. The number of carbonyl (C=O) groups is 2. The second-order valence-electron chi connectivity index (χ2n) is 5.83. The van der Waals surface area contributed by atoms with E-state index in [1.807, 2.05) is 20.8 Å². The minimum Gasteiger partial charge on any atom is -0.481 e. The molecule has 0 aliphatic carbocycles. The van der Waals surface area contributed by atoms with Gasteiger partial charge < -0.3 is 19.7 Å². The number of carboxylic acid groups (broad SMARTS) is 2. The summed E-state index contributed by atoms with van der Waals surface area (Å²) >= 11 is 0. The molecular weight excluding hydrogens is 312 g/mol. The summed E-state index contributed by atoms with van der Waals surface area (Å²) in [6, 6.07) is 0.